The zero-order valence-electron chi connectivity index (χ0n) is 18.4. The van der Waals surface area contributed by atoms with E-state index >= 15 is 0 Å². The molecule has 14 nitrogen and oxygen atoms in total. The van der Waals surface area contributed by atoms with Crippen LogP contribution in [0.15, 0.2) is 9.98 Å². The van der Waals surface area contributed by atoms with Gasteiger partial charge in [0.05, 0.1) is 13.2 Å². The molecule has 15 heteroatoms. The van der Waals surface area contributed by atoms with Gasteiger partial charge >= 0.3 is 35.5 Å². The van der Waals surface area contributed by atoms with E-state index in [1.54, 1.807) is 6.92 Å². The third-order valence-electron chi connectivity index (χ3n) is 5.24. The molecule has 0 unspecified atom stereocenters. The Kier molecular flexibility index (Phi) is 10.4. The van der Waals surface area contributed by atoms with Gasteiger partial charge in [-0.25, -0.2) is 9.79 Å². The molecule has 182 valence electrons. The van der Waals surface area contributed by atoms with Gasteiger partial charge in [0, 0.05) is 6.92 Å². The standard InChI is InChI=1S/C18H28N2O12.Na/c1-6(22)19-11-14(26)13(25)8(3-21)30-18(11)32-16-9(4-28-5-10(23)24)31-17-12(15(16)27)20-7(2)29-17;/h8-9,11-18,21,25-27H,3-5H2,1-2H3,(H,19,22)(H,23,24);/q;+1/p-1/t8-,9-,11-,12-,13-,14-,15-,16-,17+,18+;/m1./s1. The fourth-order valence-electron chi connectivity index (χ4n) is 3.80. The van der Waals surface area contributed by atoms with Crippen LogP contribution in [0.2, 0.25) is 0 Å². The van der Waals surface area contributed by atoms with Crippen molar-refractivity contribution in [3.63, 3.8) is 0 Å². The first-order valence-electron chi connectivity index (χ1n) is 9.95. The predicted octanol–water partition coefficient (Wildman–Crippen LogP) is -7.03. The van der Waals surface area contributed by atoms with Crippen LogP contribution >= 0.6 is 0 Å². The van der Waals surface area contributed by atoms with Crippen molar-refractivity contribution >= 4 is 17.8 Å². The average Bonchev–Trinajstić information content (AvgIpc) is 3.09. The fraction of sp³-hybridized carbons (Fsp3) is 0.833. The van der Waals surface area contributed by atoms with Crippen molar-refractivity contribution in [2.45, 2.75) is 75.1 Å². The summed E-state index contributed by atoms with van der Waals surface area (Å²) in [5.41, 5.74) is 0. The number of rotatable bonds is 8. The van der Waals surface area contributed by atoms with Gasteiger partial charge in [-0.1, -0.05) is 0 Å². The van der Waals surface area contributed by atoms with E-state index in [-0.39, 0.29) is 42.1 Å². The molecule has 3 rings (SSSR count). The number of fused-ring (bicyclic) bond motifs is 1. The normalized spacial score (nSPS) is 40.9. The van der Waals surface area contributed by atoms with Crippen LogP contribution in [0, 0.1) is 0 Å². The molecule has 3 aliphatic rings. The predicted molar refractivity (Wildman–Crippen MR) is 101 cm³/mol. The van der Waals surface area contributed by atoms with Crippen molar-refractivity contribution in [1.29, 1.82) is 0 Å². The average molecular weight is 486 g/mol. The smallest absolute Gasteiger partial charge is 0.862 e. The van der Waals surface area contributed by atoms with E-state index in [2.05, 4.69) is 9.98 Å². The molecule has 2 fully saturated rings. The molecule has 0 spiro atoms. The Labute approximate surface area is 211 Å². The first-order valence-corrected chi connectivity index (χ1v) is 9.95. The summed E-state index contributed by atoms with van der Waals surface area (Å²) in [6.07, 6.45) is -10.4. The molecule has 0 aromatic rings. The van der Waals surface area contributed by atoms with Crippen LogP contribution in [-0.4, -0.2) is 124 Å². The molecular formula is C18H27N2NaO12. The van der Waals surface area contributed by atoms with Crippen molar-refractivity contribution in [2.24, 2.45) is 9.98 Å². The van der Waals surface area contributed by atoms with E-state index in [1.165, 1.54) is 0 Å². The largest absolute Gasteiger partial charge is 1.00 e. The van der Waals surface area contributed by atoms with E-state index in [1.807, 2.05) is 0 Å². The maximum Gasteiger partial charge on any atom is 1.00 e. The molecule has 33 heavy (non-hydrogen) atoms. The number of aliphatic hydroxyl groups excluding tert-OH is 4. The van der Waals surface area contributed by atoms with Crippen LogP contribution < -0.4 is 34.7 Å². The van der Waals surface area contributed by atoms with E-state index in [0.29, 0.717) is 0 Å². The Hall–Kier alpha value is -0.910. The maximum absolute atomic E-state index is 11.6. The summed E-state index contributed by atoms with van der Waals surface area (Å²) in [5, 5.41) is 61.3. The Morgan fingerprint density at radius 1 is 1.18 bits per heavy atom. The molecule has 0 aromatic heterocycles. The second-order valence-electron chi connectivity index (χ2n) is 7.65. The molecule has 0 amide bonds. The summed E-state index contributed by atoms with van der Waals surface area (Å²) in [6, 6.07) is -2.24. The van der Waals surface area contributed by atoms with Crippen LogP contribution in [0.1, 0.15) is 13.8 Å². The van der Waals surface area contributed by atoms with Gasteiger partial charge < -0.3 is 54.3 Å². The molecule has 0 saturated carbocycles. The minimum atomic E-state index is -1.61. The number of hydrogen-bond acceptors (Lipinski definition) is 13. The molecule has 3 heterocycles. The third-order valence-corrected chi connectivity index (χ3v) is 5.24. The molecule has 0 aromatic carbocycles. The van der Waals surface area contributed by atoms with Gasteiger partial charge in [-0.3, -0.25) is 4.99 Å². The number of ether oxygens (including phenoxy) is 5. The Morgan fingerprint density at radius 3 is 2.48 bits per heavy atom. The molecule has 0 aliphatic carbocycles. The summed E-state index contributed by atoms with van der Waals surface area (Å²) in [4.78, 5) is 18.7. The van der Waals surface area contributed by atoms with Gasteiger partial charge in [-0.2, -0.15) is 0 Å². The number of aliphatic imine (C=N–C) groups is 2. The molecular weight excluding hydrogens is 459 g/mol. The number of hydrogen-bond donors (Lipinski definition) is 5. The first-order chi connectivity index (χ1) is 15.1. The van der Waals surface area contributed by atoms with Crippen molar-refractivity contribution in [3.8, 4) is 0 Å². The minimum Gasteiger partial charge on any atom is -0.862 e. The van der Waals surface area contributed by atoms with Crippen LogP contribution in [0.4, 0.5) is 0 Å². The number of aliphatic hydroxyl groups is 4. The molecule has 3 aliphatic heterocycles. The van der Waals surface area contributed by atoms with Crippen LogP contribution in [0.5, 0.6) is 0 Å². The fourth-order valence-corrected chi connectivity index (χ4v) is 3.80. The zero-order valence-corrected chi connectivity index (χ0v) is 20.4. The van der Waals surface area contributed by atoms with Gasteiger partial charge in [-0.05, 0) is 12.8 Å². The zero-order chi connectivity index (χ0) is 23.6. The minimum absolute atomic E-state index is 0. The quantitative estimate of drug-likeness (QED) is 0.123. The Bertz CT molecular complexity index is 735. The number of carboxylic acid groups (broad SMARTS) is 1. The van der Waals surface area contributed by atoms with Crippen molar-refractivity contribution in [3.05, 3.63) is 0 Å². The first kappa shape index (κ1) is 28.3. The molecule has 5 N–H and O–H groups in total. The van der Waals surface area contributed by atoms with Crippen LogP contribution in [0.25, 0.3) is 0 Å². The Morgan fingerprint density at radius 2 is 1.88 bits per heavy atom. The van der Waals surface area contributed by atoms with Crippen molar-refractivity contribution in [1.82, 2.24) is 0 Å². The van der Waals surface area contributed by atoms with Gasteiger partial charge in [-0.15, -0.1) is 0 Å². The molecule has 0 radical (unpaired) electrons. The SMILES string of the molecule is CC([O-])=N[C@H]1[C@H](O[C@H]2[C@H](O)[C@H]3N=C(C)O[C@H]3O[C@@H]2COCC(=O)O)O[C@H](CO)[C@@H](O)[C@@H]1O.[Na+]. The van der Waals surface area contributed by atoms with Gasteiger partial charge in [0.2, 0.25) is 6.29 Å². The van der Waals surface area contributed by atoms with Crippen molar-refractivity contribution < 1.29 is 88.7 Å². The summed E-state index contributed by atoms with van der Waals surface area (Å²) in [7, 11) is 0. The van der Waals surface area contributed by atoms with E-state index in [9.17, 15) is 30.3 Å². The summed E-state index contributed by atoms with van der Waals surface area (Å²) in [5.74, 6) is -1.62. The second kappa shape index (κ2) is 12.2. The maximum atomic E-state index is 11.6. The molecule has 2 saturated heterocycles. The third kappa shape index (κ3) is 6.61. The number of aliphatic carboxylic acids is 1. The summed E-state index contributed by atoms with van der Waals surface area (Å²) in [6.45, 7) is 1.09. The molecule has 0 bridgehead atoms. The van der Waals surface area contributed by atoms with Gasteiger partial charge in [0.1, 0.15) is 55.3 Å². The molecule has 10 atom stereocenters. The van der Waals surface area contributed by atoms with Crippen LogP contribution in [-0.2, 0) is 28.5 Å². The van der Waals surface area contributed by atoms with Gasteiger partial charge in [0.25, 0.3) is 0 Å². The topological polar surface area (TPSA) is 212 Å². The Balaban J connectivity index is 0.00000385. The van der Waals surface area contributed by atoms with E-state index in [0.717, 1.165) is 6.92 Å². The second-order valence-corrected chi connectivity index (χ2v) is 7.65. The van der Waals surface area contributed by atoms with Crippen LogP contribution in [0.3, 0.4) is 0 Å². The van der Waals surface area contributed by atoms with Gasteiger partial charge in [0.15, 0.2) is 12.2 Å². The monoisotopic (exact) mass is 486 g/mol. The van der Waals surface area contributed by atoms with E-state index in [4.69, 9.17) is 28.8 Å². The summed E-state index contributed by atoms with van der Waals surface area (Å²) >= 11 is 0. The number of carboxylic acids is 1. The number of nitrogens with zero attached hydrogens (tertiary/aromatic N) is 2. The number of carbonyl (C=O) groups is 1. The van der Waals surface area contributed by atoms with Crippen molar-refractivity contribution in [2.75, 3.05) is 19.8 Å². The summed E-state index contributed by atoms with van der Waals surface area (Å²) < 4.78 is 27.6. The van der Waals surface area contributed by atoms with E-state index < -0.39 is 86.4 Å².